The second-order valence-electron chi connectivity index (χ2n) is 7.09. The summed E-state index contributed by atoms with van der Waals surface area (Å²) in [5.74, 6) is 0.655. The van der Waals surface area contributed by atoms with Crippen LogP contribution in [0.5, 0.6) is 5.75 Å². The van der Waals surface area contributed by atoms with E-state index in [0.717, 1.165) is 24.1 Å². The van der Waals surface area contributed by atoms with Crippen LogP contribution < -0.4 is 10.1 Å². The fourth-order valence-corrected chi connectivity index (χ4v) is 3.48. The number of halogens is 1. The van der Waals surface area contributed by atoms with Crippen molar-refractivity contribution in [3.05, 3.63) is 47.0 Å². The minimum atomic E-state index is -0.338. The van der Waals surface area contributed by atoms with Gasteiger partial charge < -0.3 is 10.1 Å². The zero-order valence-corrected chi connectivity index (χ0v) is 14.5. The Balaban J connectivity index is 1.35. The molecule has 2 saturated carbocycles. The monoisotopic (exact) mass is 343 g/mol. The molecule has 0 bridgehead atoms. The number of benzene rings is 1. The van der Waals surface area contributed by atoms with E-state index in [4.69, 9.17) is 4.74 Å². The summed E-state index contributed by atoms with van der Waals surface area (Å²) in [6.45, 7) is 0. The van der Waals surface area contributed by atoms with Gasteiger partial charge in [0.1, 0.15) is 5.69 Å². The number of methoxy groups -OCH3 is 1. The maximum absolute atomic E-state index is 13.8. The smallest absolute Gasteiger partial charge is 0.269 e. The van der Waals surface area contributed by atoms with Crippen molar-refractivity contribution in [2.75, 3.05) is 7.11 Å². The fourth-order valence-electron chi connectivity index (χ4n) is 3.48. The Labute approximate surface area is 146 Å². The average Bonchev–Trinajstić information content (AvgIpc) is 3.33. The molecule has 25 heavy (non-hydrogen) atoms. The number of nitrogens with zero attached hydrogens (tertiary/aromatic N) is 2. The van der Waals surface area contributed by atoms with Gasteiger partial charge in [-0.2, -0.15) is 5.10 Å². The van der Waals surface area contributed by atoms with Crippen molar-refractivity contribution in [2.45, 2.75) is 43.6 Å². The molecule has 1 heterocycles. The summed E-state index contributed by atoms with van der Waals surface area (Å²) in [5.41, 5.74) is 2.59. The highest BCUT2D eigenvalue weighted by atomic mass is 19.1. The number of carbonyl (C=O) groups excluding carboxylic acids is 1. The molecule has 1 aromatic carbocycles. The molecule has 1 aromatic heterocycles. The topological polar surface area (TPSA) is 56.1 Å². The van der Waals surface area contributed by atoms with Crippen molar-refractivity contribution < 1.29 is 13.9 Å². The van der Waals surface area contributed by atoms with Gasteiger partial charge >= 0.3 is 0 Å². The Morgan fingerprint density at radius 1 is 1.28 bits per heavy atom. The number of hydrogen-bond donors (Lipinski definition) is 1. The van der Waals surface area contributed by atoms with Crippen LogP contribution in [-0.2, 0) is 7.05 Å². The highest BCUT2D eigenvalue weighted by Crippen LogP contribution is 2.40. The molecule has 1 N–H and O–H groups in total. The molecular weight excluding hydrogens is 321 g/mol. The molecule has 0 aliphatic heterocycles. The molecule has 0 unspecified atom stereocenters. The molecule has 2 aliphatic rings. The maximum atomic E-state index is 13.8. The summed E-state index contributed by atoms with van der Waals surface area (Å²) in [5, 5.41) is 7.50. The third kappa shape index (κ3) is 3.13. The largest absolute Gasteiger partial charge is 0.494 e. The molecule has 0 atom stereocenters. The van der Waals surface area contributed by atoms with Crippen LogP contribution in [-0.4, -0.2) is 28.8 Å². The predicted molar refractivity (Wildman–Crippen MR) is 91.4 cm³/mol. The van der Waals surface area contributed by atoms with Crippen LogP contribution in [0.25, 0.3) is 0 Å². The third-order valence-corrected chi connectivity index (χ3v) is 5.25. The van der Waals surface area contributed by atoms with E-state index in [1.807, 2.05) is 19.2 Å². The Morgan fingerprint density at radius 2 is 2.04 bits per heavy atom. The lowest BCUT2D eigenvalue weighted by Crippen LogP contribution is -2.43. The van der Waals surface area contributed by atoms with E-state index < -0.39 is 0 Å². The van der Waals surface area contributed by atoms with E-state index in [2.05, 4.69) is 10.4 Å². The summed E-state index contributed by atoms with van der Waals surface area (Å²) in [6.07, 6.45) is 3.98. The number of rotatable bonds is 5. The van der Waals surface area contributed by atoms with Crippen molar-refractivity contribution in [3.8, 4) is 5.75 Å². The van der Waals surface area contributed by atoms with Crippen LogP contribution in [0.3, 0.4) is 0 Å². The molecule has 4 rings (SSSR count). The molecule has 132 valence electrons. The van der Waals surface area contributed by atoms with E-state index >= 15 is 0 Å². The van der Waals surface area contributed by atoms with Crippen molar-refractivity contribution in [2.24, 2.45) is 7.05 Å². The predicted octanol–water partition coefficient (Wildman–Crippen LogP) is 3.12. The Morgan fingerprint density at radius 3 is 2.68 bits per heavy atom. The Bertz CT molecular complexity index is 807. The van der Waals surface area contributed by atoms with Gasteiger partial charge in [-0.25, -0.2) is 4.39 Å². The van der Waals surface area contributed by atoms with Crippen LogP contribution in [0.2, 0.25) is 0 Å². The highest BCUT2D eigenvalue weighted by Gasteiger charge is 2.33. The molecule has 0 saturated heterocycles. The van der Waals surface area contributed by atoms with Crippen LogP contribution in [0.4, 0.5) is 4.39 Å². The van der Waals surface area contributed by atoms with Crippen molar-refractivity contribution in [1.29, 1.82) is 0 Å². The van der Waals surface area contributed by atoms with Gasteiger partial charge in [-0.1, -0.05) is 6.07 Å². The number of ether oxygens (including phenoxy) is 1. The second-order valence-corrected chi connectivity index (χ2v) is 7.09. The first-order chi connectivity index (χ1) is 12.0. The van der Waals surface area contributed by atoms with Crippen LogP contribution in [0.1, 0.15) is 59.3 Å². The fraction of sp³-hybridized carbons (Fsp3) is 0.474. The third-order valence-electron chi connectivity index (χ3n) is 5.25. The van der Waals surface area contributed by atoms with Gasteiger partial charge in [0.05, 0.1) is 12.8 Å². The van der Waals surface area contributed by atoms with Crippen LogP contribution >= 0.6 is 0 Å². The van der Waals surface area contributed by atoms with E-state index in [1.165, 1.54) is 26.0 Å². The van der Waals surface area contributed by atoms with Crippen LogP contribution in [0.15, 0.2) is 24.3 Å². The number of nitrogens with one attached hydrogen (secondary N) is 1. The minimum absolute atomic E-state index is 0.0775. The average molecular weight is 343 g/mol. The normalized spacial score (nSPS) is 22.4. The first kappa shape index (κ1) is 16.1. The SMILES string of the molecule is COc1ccc(C2CC(NC(=O)c3cc(C4CC4)nn3C)C2)cc1F. The van der Waals surface area contributed by atoms with E-state index in [1.54, 1.807) is 10.7 Å². The Kier molecular flexibility index (Phi) is 3.98. The van der Waals surface area contributed by atoms with E-state index in [-0.39, 0.29) is 29.4 Å². The zero-order chi connectivity index (χ0) is 17.6. The summed E-state index contributed by atoms with van der Waals surface area (Å²) in [7, 11) is 3.27. The molecule has 2 aromatic rings. The minimum Gasteiger partial charge on any atom is -0.494 e. The summed E-state index contributed by atoms with van der Waals surface area (Å²) in [6, 6.07) is 7.12. The van der Waals surface area contributed by atoms with Gasteiger partial charge in [0, 0.05) is 19.0 Å². The van der Waals surface area contributed by atoms with E-state index in [0.29, 0.717) is 11.6 Å². The molecular formula is C19H22FN3O2. The maximum Gasteiger partial charge on any atom is 0.269 e. The van der Waals surface area contributed by atoms with Gasteiger partial charge in [-0.05, 0) is 55.4 Å². The summed E-state index contributed by atoms with van der Waals surface area (Å²) in [4.78, 5) is 12.5. The molecule has 1 amide bonds. The molecule has 0 radical (unpaired) electrons. The molecule has 5 nitrogen and oxygen atoms in total. The first-order valence-corrected chi connectivity index (χ1v) is 8.73. The summed E-state index contributed by atoms with van der Waals surface area (Å²) >= 11 is 0. The van der Waals surface area contributed by atoms with Crippen molar-refractivity contribution in [1.82, 2.24) is 15.1 Å². The second kappa shape index (κ2) is 6.17. The lowest BCUT2D eigenvalue weighted by molar-refractivity contribution is 0.0899. The number of amides is 1. The number of carbonyl (C=O) groups is 1. The number of aromatic nitrogens is 2. The summed E-state index contributed by atoms with van der Waals surface area (Å²) < 4.78 is 20.4. The molecule has 0 spiro atoms. The first-order valence-electron chi connectivity index (χ1n) is 8.73. The number of hydrogen-bond acceptors (Lipinski definition) is 3. The standard InChI is InChI=1S/C19H22FN3O2/c1-23-17(10-16(22-23)11-3-4-11)19(24)21-14-7-13(8-14)12-5-6-18(25-2)15(20)9-12/h5-6,9-11,13-14H,3-4,7-8H2,1-2H3,(H,21,24). The van der Waals surface area contributed by atoms with Gasteiger partial charge in [0.15, 0.2) is 11.6 Å². The number of aryl methyl sites for hydroxylation is 1. The van der Waals surface area contributed by atoms with Crippen molar-refractivity contribution in [3.63, 3.8) is 0 Å². The molecule has 2 aliphatic carbocycles. The van der Waals surface area contributed by atoms with Crippen LogP contribution in [0, 0.1) is 5.82 Å². The zero-order valence-electron chi connectivity index (χ0n) is 14.5. The lowest BCUT2D eigenvalue weighted by Gasteiger charge is -2.36. The highest BCUT2D eigenvalue weighted by molar-refractivity contribution is 5.93. The van der Waals surface area contributed by atoms with E-state index in [9.17, 15) is 9.18 Å². The molecule has 6 heteroatoms. The Hall–Kier alpha value is -2.37. The lowest BCUT2D eigenvalue weighted by atomic mass is 9.76. The quantitative estimate of drug-likeness (QED) is 0.907. The van der Waals surface area contributed by atoms with Gasteiger partial charge in [0.25, 0.3) is 5.91 Å². The van der Waals surface area contributed by atoms with Gasteiger partial charge in [-0.3, -0.25) is 9.48 Å². The van der Waals surface area contributed by atoms with Crippen molar-refractivity contribution >= 4 is 5.91 Å². The van der Waals surface area contributed by atoms with Gasteiger partial charge in [-0.15, -0.1) is 0 Å². The molecule has 2 fully saturated rings. The van der Waals surface area contributed by atoms with Gasteiger partial charge in [0.2, 0.25) is 0 Å².